The molecule has 0 radical (unpaired) electrons. The SMILES string of the molecule is CCc1ccc(NC(=O)C(C)OC(=O)c2ccc(NC(C)=O)cc2)cc1. The molecule has 26 heavy (non-hydrogen) atoms. The second kappa shape index (κ2) is 8.80. The molecule has 2 N–H and O–H groups in total. The Balaban J connectivity index is 1.92. The highest BCUT2D eigenvalue weighted by Gasteiger charge is 2.19. The van der Waals surface area contributed by atoms with Gasteiger partial charge >= 0.3 is 5.97 Å². The van der Waals surface area contributed by atoms with Gasteiger partial charge in [-0.05, 0) is 55.3 Å². The first-order valence-electron chi connectivity index (χ1n) is 8.37. The second-order valence-electron chi connectivity index (χ2n) is 5.85. The van der Waals surface area contributed by atoms with Gasteiger partial charge in [0.2, 0.25) is 5.91 Å². The quantitative estimate of drug-likeness (QED) is 0.779. The highest BCUT2D eigenvalue weighted by molar-refractivity contribution is 5.97. The predicted molar refractivity (Wildman–Crippen MR) is 100 cm³/mol. The van der Waals surface area contributed by atoms with Crippen LogP contribution in [0.5, 0.6) is 0 Å². The van der Waals surface area contributed by atoms with Gasteiger partial charge in [0, 0.05) is 18.3 Å². The maximum Gasteiger partial charge on any atom is 0.338 e. The van der Waals surface area contributed by atoms with Crippen LogP contribution < -0.4 is 10.6 Å². The lowest BCUT2D eigenvalue weighted by Gasteiger charge is -2.14. The fourth-order valence-corrected chi connectivity index (χ4v) is 2.24. The second-order valence-corrected chi connectivity index (χ2v) is 5.85. The van der Waals surface area contributed by atoms with Gasteiger partial charge in [-0.1, -0.05) is 19.1 Å². The number of amides is 2. The van der Waals surface area contributed by atoms with Crippen LogP contribution >= 0.6 is 0 Å². The summed E-state index contributed by atoms with van der Waals surface area (Å²) in [6.45, 7) is 4.97. The molecule has 0 aliphatic heterocycles. The lowest BCUT2D eigenvalue weighted by Crippen LogP contribution is -2.30. The van der Waals surface area contributed by atoms with Crippen LogP contribution in [0, 0.1) is 0 Å². The van der Waals surface area contributed by atoms with Crippen molar-refractivity contribution in [1.29, 1.82) is 0 Å². The van der Waals surface area contributed by atoms with Gasteiger partial charge < -0.3 is 15.4 Å². The standard InChI is InChI=1S/C20H22N2O4/c1-4-15-5-9-18(10-6-15)22-19(24)13(2)26-20(25)16-7-11-17(12-8-16)21-14(3)23/h5-13H,4H2,1-3H3,(H,21,23)(H,22,24). The third-order valence-corrected chi connectivity index (χ3v) is 3.72. The minimum atomic E-state index is -0.941. The van der Waals surface area contributed by atoms with E-state index in [1.54, 1.807) is 12.1 Å². The summed E-state index contributed by atoms with van der Waals surface area (Å²) < 4.78 is 5.20. The molecule has 0 aliphatic carbocycles. The van der Waals surface area contributed by atoms with Gasteiger partial charge in [0.05, 0.1) is 5.56 Å². The Hall–Kier alpha value is -3.15. The van der Waals surface area contributed by atoms with E-state index < -0.39 is 18.0 Å². The van der Waals surface area contributed by atoms with Crippen LogP contribution in [0.1, 0.15) is 36.7 Å². The first-order valence-corrected chi connectivity index (χ1v) is 8.37. The summed E-state index contributed by atoms with van der Waals surface area (Å²) in [5.41, 5.74) is 2.70. The zero-order valence-corrected chi connectivity index (χ0v) is 15.0. The van der Waals surface area contributed by atoms with Crippen LogP contribution in [0.25, 0.3) is 0 Å². The van der Waals surface area contributed by atoms with Crippen LogP contribution in [0.15, 0.2) is 48.5 Å². The molecule has 0 fully saturated rings. The molecule has 0 aromatic heterocycles. The third kappa shape index (κ3) is 5.44. The number of rotatable bonds is 6. The summed E-state index contributed by atoms with van der Waals surface area (Å²) in [4.78, 5) is 35.3. The Labute approximate surface area is 152 Å². The van der Waals surface area contributed by atoms with Gasteiger partial charge in [-0.25, -0.2) is 4.79 Å². The number of hydrogen-bond donors (Lipinski definition) is 2. The molecule has 6 nitrogen and oxygen atoms in total. The number of anilines is 2. The number of esters is 1. The van der Waals surface area contributed by atoms with E-state index in [0.29, 0.717) is 16.9 Å². The zero-order valence-electron chi connectivity index (χ0n) is 15.0. The first-order chi connectivity index (χ1) is 12.4. The number of hydrogen-bond acceptors (Lipinski definition) is 4. The first kappa shape index (κ1) is 19.2. The maximum atomic E-state index is 12.2. The molecule has 0 saturated carbocycles. The monoisotopic (exact) mass is 354 g/mol. The van der Waals surface area contributed by atoms with E-state index in [9.17, 15) is 14.4 Å². The third-order valence-electron chi connectivity index (χ3n) is 3.72. The van der Waals surface area contributed by atoms with Crippen LogP contribution in [-0.2, 0) is 20.7 Å². The Bertz CT molecular complexity index is 782. The van der Waals surface area contributed by atoms with E-state index in [0.717, 1.165) is 6.42 Å². The van der Waals surface area contributed by atoms with Crippen molar-refractivity contribution >= 4 is 29.2 Å². The summed E-state index contributed by atoms with van der Waals surface area (Å²) in [7, 11) is 0. The Morgan fingerprint density at radius 1 is 0.923 bits per heavy atom. The van der Waals surface area contributed by atoms with E-state index in [1.165, 1.54) is 31.5 Å². The maximum absolute atomic E-state index is 12.2. The van der Waals surface area contributed by atoms with Gasteiger partial charge in [-0.15, -0.1) is 0 Å². The normalized spacial score (nSPS) is 11.3. The molecular formula is C20H22N2O4. The number of nitrogens with one attached hydrogen (secondary N) is 2. The van der Waals surface area contributed by atoms with Crippen molar-refractivity contribution in [2.24, 2.45) is 0 Å². The molecule has 6 heteroatoms. The number of benzene rings is 2. The largest absolute Gasteiger partial charge is 0.449 e. The minimum Gasteiger partial charge on any atom is -0.449 e. The summed E-state index contributed by atoms with van der Waals surface area (Å²) in [6.07, 6.45) is -0.0217. The van der Waals surface area contributed by atoms with Gasteiger partial charge in [0.25, 0.3) is 5.91 Å². The minimum absolute atomic E-state index is 0.197. The van der Waals surface area contributed by atoms with Crippen molar-refractivity contribution in [3.8, 4) is 0 Å². The molecule has 2 amide bonds. The summed E-state index contributed by atoms with van der Waals surface area (Å²) >= 11 is 0. The van der Waals surface area contributed by atoms with Crippen molar-refractivity contribution in [1.82, 2.24) is 0 Å². The molecule has 0 heterocycles. The van der Waals surface area contributed by atoms with Crippen molar-refractivity contribution in [3.05, 3.63) is 59.7 Å². The van der Waals surface area contributed by atoms with Crippen LogP contribution in [0.2, 0.25) is 0 Å². The molecule has 0 aliphatic rings. The van der Waals surface area contributed by atoms with Crippen LogP contribution in [-0.4, -0.2) is 23.9 Å². The average molecular weight is 354 g/mol. The number of carbonyl (C=O) groups is 3. The summed E-state index contributed by atoms with van der Waals surface area (Å²) in [5.74, 6) is -1.21. The Kier molecular flexibility index (Phi) is 6.49. The highest BCUT2D eigenvalue weighted by atomic mass is 16.5. The molecular weight excluding hydrogens is 332 g/mol. The van der Waals surface area contributed by atoms with E-state index in [4.69, 9.17) is 4.74 Å². The summed E-state index contributed by atoms with van der Waals surface area (Å²) in [6, 6.07) is 13.7. The lowest BCUT2D eigenvalue weighted by atomic mass is 10.1. The smallest absolute Gasteiger partial charge is 0.338 e. The van der Waals surface area contributed by atoms with Crippen molar-refractivity contribution in [3.63, 3.8) is 0 Å². The van der Waals surface area contributed by atoms with Crippen LogP contribution in [0.4, 0.5) is 11.4 Å². The fourth-order valence-electron chi connectivity index (χ4n) is 2.24. The lowest BCUT2D eigenvalue weighted by molar-refractivity contribution is -0.123. The molecule has 0 bridgehead atoms. The molecule has 2 aromatic rings. The van der Waals surface area contributed by atoms with Gasteiger partial charge in [-0.2, -0.15) is 0 Å². The van der Waals surface area contributed by atoms with Crippen molar-refractivity contribution < 1.29 is 19.1 Å². The molecule has 2 aromatic carbocycles. The van der Waals surface area contributed by atoms with Gasteiger partial charge in [0.1, 0.15) is 0 Å². The molecule has 1 unspecified atom stereocenters. The van der Waals surface area contributed by atoms with E-state index in [2.05, 4.69) is 17.6 Å². The van der Waals surface area contributed by atoms with Crippen LogP contribution in [0.3, 0.4) is 0 Å². The highest BCUT2D eigenvalue weighted by Crippen LogP contribution is 2.13. The predicted octanol–water partition coefficient (Wildman–Crippen LogP) is 3.39. The molecule has 0 saturated heterocycles. The van der Waals surface area contributed by atoms with Crippen molar-refractivity contribution in [2.75, 3.05) is 10.6 Å². The van der Waals surface area contributed by atoms with E-state index >= 15 is 0 Å². The van der Waals surface area contributed by atoms with Crippen molar-refractivity contribution in [2.45, 2.75) is 33.3 Å². The summed E-state index contributed by atoms with van der Waals surface area (Å²) in [5, 5.41) is 5.33. The molecule has 1 atom stereocenters. The number of carbonyl (C=O) groups excluding carboxylic acids is 3. The van der Waals surface area contributed by atoms with Gasteiger partial charge in [-0.3, -0.25) is 9.59 Å². The topological polar surface area (TPSA) is 84.5 Å². The average Bonchev–Trinajstić information content (AvgIpc) is 2.62. The Morgan fingerprint density at radius 2 is 1.46 bits per heavy atom. The van der Waals surface area contributed by atoms with E-state index in [-0.39, 0.29) is 5.91 Å². The fraction of sp³-hybridized carbons (Fsp3) is 0.250. The number of aryl methyl sites for hydroxylation is 1. The molecule has 136 valence electrons. The molecule has 2 rings (SSSR count). The van der Waals surface area contributed by atoms with Gasteiger partial charge in [0.15, 0.2) is 6.10 Å². The zero-order chi connectivity index (χ0) is 19.1. The Morgan fingerprint density at radius 3 is 2.00 bits per heavy atom. The molecule has 0 spiro atoms. The van der Waals surface area contributed by atoms with E-state index in [1.807, 2.05) is 24.3 Å². The number of ether oxygens (including phenoxy) is 1.